The van der Waals surface area contributed by atoms with Crippen molar-refractivity contribution in [2.45, 2.75) is 12.8 Å². The van der Waals surface area contributed by atoms with Crippen LogP contribution in [0, 0.1) is 5.41 Å². The predicted octanol–water partition coefficient (Wildman–Crippen LogP) is -0.861. The fourth-order valence-corrected chi connectivity index (χ4v) is 3.20. The molecule has 0 aromatic heterocycles. The second kappa shape index (κ2) is 7.36. The maximum absolute atomic E-state index is 12.9. The van der Waals surface area contributed by atoms with E-state index in [1.165, 1.54) is 0 Å². The van der Waals surface area contributed by atoms with Gasteiger partial charge in [0.25, 0.3) is 0 Å². The molecule has 0 aromatic carbocycles. The summed E-state index contributed by atoms with van der Waals surface area (Å²) in [5, 5.41) is 12.3. The van der Waals surface area contributed by atoms with Crippen molar-refractivity contribution >= 4 is 5.91 Å². The lowest BCUT2D eigenvalue weighted by molar-refractivity contribution is -0.144. The van der Waals surface area contributed by atoms with E-state index in [1.807, 2.05) is 4.90 Å². The summed E-state index contributed by atoms with van der Waals surface area (Å²) in [5.41, 5.74) is -0.269. The van der Waals surface area contributed by atoms with E-state index in [0.717, 1.165) is 52.1 Å². The van der Waals surface area contributed by atoms with Crippen molar-refractivity contribution in [3.05, 3.63) is 0 Å². The fourth-order valence-electron chi connectivity index (χ4n) is 3.20. The molecule has 0 bridgehead atoms. The molecule has 0 radical (unpaired) electrons. The van der Waals surface area contributed by atoms with Gasteiger partial charge in [0.1, 0.15) is 0 Å². The monoisotopic (exact) mass is 285 g/mol. The zero-order valence-electron chi connectivity index (χ0n) is 12.4. The number of carbonyl (C=O) groups is 1. The molecule has 1 unspecified atom stereocenters. The number of nitrogens with one attached hydrogen (secondary N) is 1. The summed E-state index contributed by atoms with van der Waals surface area (Å²) in [6, 6.07) is 0. The third-order valence-electron chi connectivity index (χ3n) is 4.56. The molecule has 6 nitrogen and oxygen atoms in total. The summed E-state index contributed by atoms with van der Waals surface area (Å²) in [4.78, 5) is 17.1. The summed E-state index contributed by atoms with van der Waals surface area (Å²) in [5.74, 6) is 0.281. The Morgan fingerprint density at radius 2 is 2.10 bits per heavy atom. The van der Waals surface area contributed by atoms with Gasteiger partial charge in [-0.3, -0.25) is 9.69 Å². The van der Waals surface area contributed by atoms with E-state index in [9.17, 15) is 4.79 Å². The summed E-state index contributed by atoms with van der Waals surface area (Å²) < 4.78 is 5.18. The maximum atomic E-state index is 12.9. The van der Waals surface area contributed by atoms with Gasteiger partial charge in [0, 0.05) is 53.0 Å². The number of methoxy groups -OCH3 is 1. The van der Waals surface area contributed by atoms with Crippen LogP contribution >= 0.6 is 0 Å². The van der Waals surface area contributed by atoms with Crippen molar-refractivity contribution in [2.24, 2.45) is 5.41 Å². The summed E-state index contributed by atoms with van der Waals surface area (Å²) in [6.45, 7) is 6.49. The number of ether oxygens (including phenoxy) is 1. The van der Waals surface area contributed by atoms with Gasteiger partial charge in [-0.2, -0.15) is 0 Å². The van der Waals surface area contributed by atoms with Gasteiger partial charge >= 0.3 is 0 Å². The Morgan fingerprint density at radius 3 is 2.65 bits per heavy atom. The third-order valence-corrected chi connectivity index (χ3v) is 4.56. The van der Waals surface area contributed by atoms with Crippen molar-refractivity contribution in [2.75, 3.05) is 66.1 Å². The van der Waals surface area contributed by atoms with Gasteiger partial charge in [-0.25, -0.2) is 0 Å². The number of amides is 1. The molecule has 0 spiro atoms. The Labute approximate surface area is 121 Å². The van der Waals surface area contributed by atoms with Crippen molar-refractivity contribution in [1.29, 1.82) is 0 Å². The molecule has 116 valence electrons. The maximum Gasteiger partial charge on any atom is 0.230 e. The van der Waals surface area contributed by atoms with Crippen LogP contribution in [0.5, 0.6) is 0 Å². The van der Waals surface area contributed by atoms with E-state index in [2.05, 4.69) is 10.2 Å². The first-order valence-corrected chi connectivity index (χ1v) is 7.54. The van der Waals surface area contributed by atoms with Crippen molar-refractivity contribution in [1.82, 2.24) is 15.1 Å². The van der Waals surface area contributed by atoms with Crippen molar-refractivity contribution in [3.63, 3.8) is 0 Å². The molecule has 2 N–H and O–H groups in total. The molecule has 0 saturated carbocycles. The molecule has 2 saturated heterocycles. The number of nitrogens with zero attached hydrogens (tertiary/aromatic N) is 2. The van der Waals surface area contributed by atoms with Crippen molar-refractivity contribution in [3.8, 4) is 0 Å². The van der Waals surface area contributed by atoms with Crippen LogP contribution in [0.4, 0.5) is 0 Å². The molecular weight excluding hydrogens is 258 g/mol. The SMILES string of the molecule is COCCC1(C(=O)N2CCN(CCO)CC2)CCNC1. The van der Waals surface area contributed by atoms with E-state index < -0.39 is 0 Å². The number of carbonyl (C=O) groups excluding carboxylic acids is 1. The lowest BCUT2D eigenvalue weighted by Gasteiger charge is -2.39. The predicted molar refractivity (Wildman–Crippen MR) is 76.5 cm³/mol. The van der Waals surface area contributed by atoms with Gasteiger partial charge in [0.05, 0.1) is 12.0 Å². The standard InChI is InChI=1S/C14H27N3O3/c1-20-11-3-14(2-4-15-12-14)13(19)17-7-5-16(6-8-17)9-10-18/h15,18H,2-12H2,1H3. The molecule has 20 heavy (non-hydrogen) atoms. The number of β-amino-alcohol motifs (C(OH)–C–C–N with tert-alkyl or cyclic N) is 1. The number of hydrogen-bond acceptors (Lipinski definition) is 5. The Hall–Kier alpha value is -0.690. The Bertz CT molecular complexity index is 311. The van der Waals surface area contributed by atoms with Crippen molar-refractivity contribution < 1.29 is 14.6 Å². The molecule has 1 atom stereocenters. The first kappa shape index (κ1) is 15.7. The van der Waals surface area contributed by atoms with E-state index in [1.54, 1.807) is 7.11 Å². The molecule has 0 aliphatic carbocycles. The lowest BCUT2D eigenvalue weighted by atomic mass is 9.82. The lowest BCUT2D eigenvalue weighted by Crippen LogP contribution is -2.54. The van der Waals surface area contributed by atoms with Gasteiger partial charge in [0.2, 0.25) is 5.91 Å². The van der Waals surface area contributed by atoms with E-state index in [-0.39, 0.29) is 17.9 Å². The molecule has 2 aliphatic rings. The topological polar surface area (TPSA) is 65.0 Å². The molecule has 2 aliphatic heterocycles. The Kier molecular flexibility index (Phi) is 5.77. The minimum atomic E-state index is -0.269. The largest absolute Gasteiger partial charge is 0.395 e. The highest BCUT2D eigenvalue weighted by atomic mass is 16.5. The molecular formula is C14H27N3O3. The van der Waals surface area contributed by atoms with Gasteiger partial charge in [0.15, 0.2) is 0 Å². The highest BCUT2D eigenvalue weighted by Gasteiger charge is 2.43. The fraction of sp³-hybridized carbons (Fsp3) is 0.929. The average molecular weight is 285 g/mol. The summed E-state index contributed by atoms with van der Waals surface area (Å²) in [7, 11) is 1.69. The van der Waals surface area contributed by atoms with Crippen LogP contribution < -0.4 is 5.32 Å². The quantitative estimate of drug-likeness (QED) is 0.665. The van der Waals surface area contributed by atoms with Gasteiger partial charge in [-0.05, 0) is 19.4 Å². The molecule has 6 heteroatoms. The summed E-state index contributed by atoms with van der Waals surface area (Å²) in [6.07, 6.45) is 1.71. The van der Waals surface area contributed by atoms with E-state index in [0.29, 0.717) is 13.2 Å². The van der Waals surface area contributed by atoms with Crippen LogP contribution in [0.3, 0.4) is 0 Å². The number of hydrogen-bond donors (Lipinski definition) is 2. The second-order valence-corrected chi connectivity index (χ2v) is 5.81. The normalized spacial score (nSPS) is 28.0. The van der Waals surface area contributed by atoms with E-state index in [4.69, 9.17) is 9.84 Å². The number of rotatable bonds is 6. The first-order valence-electron chi connectivity index (χ1n) is 7.54. The molecule has 0 aromatic rings. The minimum Gasteiger partial charge on any atom is -0.395 e. The highest BCUT2D eigenvalue weighted by Crippen LogP contribution is 2.32. The molecule has 2 heterocycles. The third kappa shape index (κ3) is 3.49. The second-order valence-electron chi connectivity index (χ2n) is 5.81. The molecule has 2 fully saturated rings. The zero-order valence-corrected chi connectivity index (χ0v) is 12.4. The van der Waals surface area contributed by atoms with Crippen LogP contribution in [-0.4, -0.2) is 87.0 Å². The number of aliphatic hydroxyl groups excluding tert-OH is 1. The van der Waals surface area contributed by atoms with Gasteiger partial charge < -0.3 is 20.1 Å². The van der Waals surface area contributed by atoms with Crippen LogP contribution in [-0.2, 0) is 9.53 Å². The minimum absolute atomic E-state index is 0.190. The van der Waals surface area contributed by atoms with Crippen LogP contribution in [0.25, 0.3) is 0 Å². The van der Waals surface area contributed by atoms with Crippen LogP contribution in [0.15, 0.2) is 0 Å². The van der Waals surface area contributed by atoms with Crippen LogP contribution in [0.1, 0.15) is 12.8 Å². The van der Waals surface area contributed by atoms with Crippen LogP contribution in [0.2, 0.25) is 0 Å². The highest BCUT2D eigenvalue weighted by molar-refractivity contribution is 5.83. The number of aliphatic hydroxyl groups is 1. The zero-order chi connectivity index (χ0) is 14.4. The van der Waals surface area contributed by atoms with Gasteiger partial charge in [-0.15, -0.1) is 0 Å². The molecule has 1 amide bonds. The Morgan fingerprint density at radius 1 is 1.35 bits per heavy atom. The number of piperazine rings is 1. The van der Waals surface area contributed by atoms with Gasteiger partial charge in [-0.1, -0.05) is 0 Å². The van der Waals surface area contributed by atoms with E-state index >= 15 is 0 Å². The average Bonchev–Trinajstić information content (AvgIpc) is 2.95. The smallest absolute Gasteiger partial charge is 0.230 e. The first-order chi connectivity index (χ1) is 9.72. The Balaban J connectivity index is 1.92. The molecule has 2 rings (SSSR count). The summed E-state index contributed by atoms with van der Waals surface area (Å²) >= 11 is 0.